The lowest BCUT2D eigenvalue weighted by atomic mass is 9.98. The third kappa shape index (κ3) is 2.47. The standard InChI is InChI=1S/C13H20O3/c1-9-10(2)13(16-4)12(15-3)8-11(9)6-5-7-14/h8,14H,5-7H2,1-4H3. The second-order valence-corrected chi connectivity index (χ2v) is 3.85. The molecular weight excluding hydrogens is 204 g/mol. The second-order valence-electron chi connectivity index (χ2n) is 3.85. The second kappa shape index (κ2) is 5.75. The van der Waals surface area contributed by atoms with Gasteiger partial charge in [0.15, 0.2) is 11.5 Å². The molecule has 0 bridgehead atoms. The van der Waals surface area contributed by atoms with E-state index < -0.39 is 0 Å². The molecule has 0 saturated heterocycles. The highest BCUT2D eigenvalue weighted by Gasteiger charge is 2.13. The van der Waals surface area contributed by atoms with E-state index in [1.807, 2.05) is 13.0 Å². The van der Waals surface area contributed by atoms with Crippen LogP contribution in [0.5, 0.6) is 11.5 Å². The fourth-order valence-corrected chi connectivity index (χ4v) is 1.86. The summed E-state index contributed by atoms with van der Waals surface area (Å²) < 4.78 is 10.6. The molecular formula is C13H20O3. The highest BCUT2D eigenvalue weighted by molar-refractivity contribution is 5.53. The summed E-state index contributed by atoms with van der Waals surface area (Å²) >= 11 is 0. The van der Waals surface area contributed by atoms with Crippen LogP contribution in [0.1, 0.15) is 23.1 Å². The molecule has 0 spiro atoms. The van der Waals surface area contributed by atoms with Crippen LogP contribution in [0.15, 0.2) is 6.07 Å². The molecule has 0 aliphatic heterocycles. The van der Waals surface area contributed by atoms with Crippen LogP contribution in [0.2, 0.25) is 0 Å². The molecule has 0 aliphatic carbocycles. The molecule has 0 saturated carbocycles. The Morgan fingerprint density at radius 1 is 1.12 bits per heavy atom. The average Bonchev–Trinajstić information content (AvgIpc) is 2.30. The van der Waals surface area contributed by atoms with Crippen LogP contribution >= 0.6 is 0 Å². The van der Waals surface area contributed by atoms with Crippen LogP contribution in [0.25, 0.3) is 0 Å². The maximum atomic E-state index is 8.86. The van der Waals surface area contributed by atoms with E-state index in [-0.39, 0.29) is 6.61 Å². The predicted molar refractivity (Wildman–Crippen MR) is 64.4 cm³/mol. The van der Waals surface area contributed by atoms with Crippen molar-refractivity contribution < 1.29 is 14.6 Å². The number of aliphatic hydroxyl groups excluding tert-OH is 1. The van der Waals surface area contributed by atoms with Gasteiger partial charge >= 0.3 is 0 Å². The van der Waals surface area contributed by atoms with E-state index in [0.717, 1.165) is 29.9 Å². The van der Waals surface area contributed by atoms with Crippen LogP contribution in [-0.4, -0.2) is 25.9 Å². The van der Waals surface area contributed by atoms with E-state index in [1.54, 1.807) is 14.2 Å². The lowest BCUT2D eigenvalue weighted by molar-refractivity contribution is 0.288. The maximum Gasteiger partial charge on any atom is 0.163 e. The Kier molecular flexibility index (Phi) is 4.62. The van der Waals surface area contributed by atoms with Crippen molar-refractivity contribution in [3.8, 4) is 11.5 Å². The highest BCUT2D eigenvalue weighted by atomic mass is 16.5. The van der Waals surface area contributed by atoms with Crippen LogP contribution in [0.4, 0.5) is 0 Å². The monoisotopic (exact) mass is 224 g/mol. The molecule has 0 fully saturated rings. The Morgan fingerprint density at radius 3 is 2.31 bits per heavy atom. The number of rotatable bonds is 5. The van der Waals surface area contributed by atoms with Gasteiger partial charge in [-0.2, -0.15) is 0 Å². The van der Waals surface area contributed by atoms with E-state index in [9.17, 15) is 0 Å². The van der Waals surface area contributed by atoms with Crippen molar-refractivity contribution in [2.45, 2.75) is 26.7 Å². The Hall–Kier alpha value is -1.22. The van der Waals surface area contributed by atoms with E-state index in [0.29, 0.717) is 0 Å². The lowest BCUT2D eigenvalue weighted by Gasteiger charge is -2.16. The van der Waals surface area contributed by atoms with Gasteiger partial charge in [-0.15, -0.1) is 0 Å². The van der Waals surface area contributed by atoms with Crippen molar-refractivity contribution in [1.82, 2.24) is 0 Å². The van der Waals surface area contributed by atoms with Gasteiger partial charge in [0.1, 0.15) is 0 Å². The van der Waals surface area contributed by atoms with Gasteiger partial charge in [-0.25, -0.2) is 0 Å². The normalized spacial score (nSPS) is 10.3. The molecule has 0 unspecified atom stereocenters. The van der Waals surface area contributed by atoms with Gasteiger partial charge in [0, 0.05) is 6.61 Å². The van der Waals surface area contributed by atoms with Gasteiger partial charge in [0.05, 0.1) is 14.2 Å². The number of aliphatic hydroxyl groups is 1. The summed E-state index contributed by atoms with van der Waals surface area (Å²) in [4.78, 5) is 0. The lowest BCUT2D eigenvalue weighted by Crippen LogP contribution is -2.00. The van der Waals surface area contributed by atoms with Crippen molar-refractivity contribution in [3.05, 3.63) is 22.8 Å². The first-order valence-corrected chi connectivity index (χ1v) is 5.47. The Labute approximate surface area is 97.0 Å². The van der Waals surface area contributed by atoms with Gasteiger partial charge in [-0.1, -0.05) is 0 Å². The number of hydrogen-bond acceptors (Lipinski definition) is 3. The minimum Gasteiger partial charge on any atom is -0.493 e. The minimum atomic E-state index is 0.215. The number of hydrogen-bond donors (Lipinski definition) is 1. The molecule has 1 aromatic rings. The topological polar surface area (TPSA) is 38.7 Å². The summed E-state index contributed by atoms with van der Waals surface area (Å²) in [5.74, 6) is 1.56. The third-order valence-electron chi connectivity index (χ3n) is 2.94. The van der Waals surface area contributed by atoms with Crippen molar-refractivity contribution in [2.24, 2.45) is 0 Å². The molecule has 90 valence electrons. The average molecular weight is 224 g/mol. The van der Waals surface area contributed by atoms with Crippen LogP contribution in [0.3, 0.4) is 0 Å². The SMILES string of the molecule is COc1cc(CCCO)c(C)c(C)c1OC. The quantitative estimate of drug-likeness (QED) is 0.833. The summed E-state index contributed by atoms with van der Waals surface area (Å²) in [6, 6.07) is 2.00. The van der Waals surface area contributed by atoms with Crippen molar-refractivity contribution in [2.75, 3.05) is 20.8 Å². The number of ether oxygens (including phenoxy) is 2. The number of benzene rings is 1. The molecule has 3 nitrogen and oxygen atoms in total. The molecule has 16 heavy (non-hydrogen) atoms. The van der Waals surface area contributed by atoms with Gasteiger partial charge in [-0.3, -0.25) is 0 Å². The van der Waals surface area contributed by atoms with E-state index in [2.05, 4.69) is 6.92 Å². The smallest absolute Gasteiger partial charge is 0.163 e. The Bertz CT molecular complexity index is 359. The van der Waals surface area contributed by atoms with Crippen LogP contribution in [0, 0.1) is 13.8 Å². The van der Waals surface area contributed by atoms with Gasteiger partial charge in [0.2, 0.25) is 0 Å². The molecule has 1 rings (SSSR count). The predicted octanol–water partition coefficient (Wildman–Crippen LogP) is 2.25. The minimum absolute atomic E-state index is 0.215. The molecule has 0 aromatic heterocycles. The number of aryl methyl sites for hydroxylation is 1. The zero-order valence-corrected chi connectivity index (χ0v) is 10.5. The zero-order valence-electron chi connectivity index (χ0n) is 10.5. The summed E-state index contributed by atoms with van der Waals surface area (Å²) in [5.41, 5.74) is 3.53. The van der Waals surface area contributed by atoms with E-state index in [1.165, 1.54) is 11.1 Å². The van der Waals surface area contributed by atoms with Gasteiger partial charge in [-0.05, 0) is 49.4 Å². The zero-order chi connectivity index (χ0) is 12.1. The summed E-state index contributed by atoms with van der Waals surface area (Å²) in [5, 5.41) is 8.86. The van der Waals surface area contributed by atoms with E-state index in [4.69, 9.17) is 14.6 Å². The fourth-order valence-electron chi connectivity index (χ4n) is 1.86. The Morgan fingerprint density at radius 2 is 1.81 bits per heavy atom. The van der Waals surface area contributed by atoms with Gasteiger partial charge in [0.25, 0.3) is 0 Å². The molecule has 0 aliphatic rings. The highest BCUT2D eigenvalue weighted by Crippen LogP contribution is 2.35. The largest absolute Gasteiger partial charge is 0.493 e. The fraction of sp³-hybridized carbons (Fsp3) is 0.538. The third-order valence-corrected chi connectivity index (χ3v) is 2.94. The number of methoxy groups -OCH3 is 2. The molecule has 1 N–H and O–H groups in total. The van der Waals surface area contributed by atoms with Crippen LogP contribution in [-0.2, 0) is 6.42 Å². The molecule has 3 heteroatoms. The molecule has 0 radical (unpaired) electrons. The molecule has 0 amide bonds. The summed E-state index contributed by atoms with van der Waals surface area (Å²) in [6.07, 6.45) is 1.64. The van der Waals surface area contributed by atoms with Gasteiger partial charge < -0.3 is 14.6 Å². The summed E-state index contributed by atoms with van der Waals surface area (Å²) in [7, 11) is 3.29. The van der Waals surface area contributed by atoms with Crippen LogP contribution < -0.4 is 9.47 Å². The van der Waals surface area contributed by atoms with E-state index >= 15 is 0 Å². The molecule has 0 atom stereocenters. The van der Waals surface area contributed by atoms with Crippen molar-refractivity contribution >= 4 is 0 Å². The van der Waals surface area contributed by atoms with Crippen molar-refractivity contribution in [1.29, 1.82) is 0 Å². The first-order valence-electron chi connectivity index (χ1n) is 5.47. The maximum absolute atomic E-state index is 8.86. The summed E-state index contributed by atoms with van der Waals surface area (Å²) in [6.45, 7) is 4.32. The first kappa shape index (κ1) is 12.8. The van der Waals surface area contributed by atoms with Crippen molar-refractivity contribution in [3.63, 3.8) is 0 Å². The first-order chi connectivity index (χ1) is 7.65. The molecule has 0 heterocycles. The Balaban J connectivity index is 3.16. The molecule has 1 aromatic carbocycles.